The number of nitrogens with zero attached hydrogens (tertiary/aromatic N) is 1. The lowest BCUT2D eigenvalue weighted by Crippen LogP contribution is -2.01. The Morgan fingerprint density at radius 1 is 1.42 bits per heavy atom. The maximum atomic E-state index is 10.8. The third kappa shape index (κ3) is 3.15. The number of nitrogens with two attached hydrogens (primary N) is 1. The lowest BCUT2D eigenvalue weighted by atomic mass is 10.2. The molecular weight excluding hydrogens is 335 g/mol. The van der Waals surface area contributed by atoms with Crippen LogP contribution in [0, 0.1) is 0 Å². The second kappa shape index (κ2) is 5.46. The van der Waals surface area contributed by atoms with E-state index in [9.17, 15) is 4.79 Å². The molecule has 0 atom stereocenters. The Morgan fingerprint density at radius 2 is 2.16 bits per heavy atom. The number of carboxylic acids is 1. The van der Waals surface area contributed by atoms with Gasteiger partial charge < -0.3 is 15.6 Å². The summed E-state index contributed by atoms with van der Waals surface area (Å²) in [5.74, 6) is -0.488. The summed E-state index contributed by atoms with van der Waals surface area (Å²) in [6.45, 7) is 0. The van der Waals surface area contributed by atoms with Crippen molar-refractivity contribution >= 4 is 39.2 Å². The van der Waals surface area contributed by atoms with E-state index in [2.05, 4.69) is 20.9 Å². The molecular formula is C12H8BrClN2O3. The smallest absolute Gasteiger partial charge is 0.337 e. The average Bonchev–Trinajstić information content (AvgIpc) is 2.34. The summed E-state index contributed by atoms with van der Waals surface area (Å²) < 4.78 is 6.14. The van der Waals surface area contributed by atoms with Crippen LogP contribution in [0.5, 0.6) is 11.6 Å². The zero-order valence-corrected chi connectivity index (χ0v) is 11.8. The van der Waals surface area contributed by atoms with Crippen molar-refractivity contribution in [2.24, 2.45) is 0 Å². The van der Waals surface area contributed by atoms with E-state index in [1.54, 1.807) is 18.2 Å². The molecule has 0 fully saturated rings. The van der Waals surface area contributed by atoms with Crippen molar-refractivity contribution in [3.8, 4) is 11.6 Å². The fraction of sp³-hybridized carbons (Fsp3) is 0. The number of aromatic carboxylic acids is 1. The van der Waals surface area contributed by atoms with E-state index in [-0.39, 0.29) is 17.1 Å². The molecule has 98 valence electrons. The number of benzene rings is 1. The molecule has 0 aliphatic carbocycles. The molecule has 0 aliphatic heterocycles. The number of carbonyl (C=O) groups is 1. The molecule has 0 aliphatic rings. The van der Waals surface area contributed by atoms with Crippen molar-refractivity contribution in [1.29, 1.82) is 0 Å². The molecule has 19 heavy (non-hydrogen) atoms. The topological polar surface area (TPSA) is 85.4 Å². The number of halogens is 2. The molecule has 5 nitrogen and oxygen atoms in total. The van der Waals surface area contributed by atoms with Gasteiger partial charge in [0, 0.05) is 11.2 Å². The molecule has 0 amide bonds. The summed E-state index contributed by atoms with van der Waals surface area (Å²) in [6, 6.07) is 6.26. The van der Waals surface area contributed by atoms with Crippen LogP contribution in [-0.4, -0.2) is 16.1 Å². The van der Waals surface area contributed by atoms with Crippen molar-refractivity contribution in [2.45, 2.75) is 0 Å². The Kier molecular flexibility index (Phi) is 3.92. The summed E-state index contributed by atoms with van der Waals surface area (Å²) in [7, 11) is 0. The molecule has 2 rings (SSSR count). The number of pyridine rings is 1. The van der Waals surface area contributed by atoms with Gasteiger partial charge in [0.2, 0.25) is 5.88 Å². The first-order valence-corrected chi connectivity index (χ1v) is 6.26. The number of aromatic nitrogens is 1. The van der Waals surface area contributed by atoms with Crippen LogP contribution in [0.2, 0.25) is 5.02 Å². The van der Waals surface area contributed by atoms with Gasteiger partial charge in [0.25, 0.3) is 0 Å². The van der Waals surface area contributed by atoms with E-state index in [0.29, 0.717) is 15.2 Å². The summed E-state index contributed by atoms with van der Waals surface area (Å²) >= 11 is 9.11. The number of rotatable bonds is 3. The van der Waals surface area contributed by atoms with Gasteiger partial charge in [-0.1, -0.05) is 11.6 Å². The van der Waals surface area contributed by atoms with Gasteiger partial charge >= 0.3 is 5.97 Å². The van der Waals surface area contributed by atoms with Crippen LogP contribution in [0.25, 0.3) is 0 Å². The Morgan fingerprint density at radius 3 is 2.74 bits per heavy atom. The third-order valence-electron chi connectivity index (χ3n) is 2.23. The second-order valence-corrected chi connectivity index (χ2v) is 4.89. The maximum Gasteiger partial charge on any atom is 0.337 e. The highest BCUT2D eigenvalue weighted by Gasteiger charge is 2.11. The van der Waals surface area contributed by atoms with Crippen molar-refractivity contribution < 1.29 is 14.6 Å². The molecule has 0 unspecified atom stereocenters. The Hall–Kier alpha value is -1.79. The van der Waals surface area contributed by atoms with Crippen LogP contribution >= 0.6 is 27.5 Å². The zero-order chi connectivity index (χ0) is 14.0. The molecule has 1 aromatic heterocycles. The van der Waals surface area contributed by atoms with Gasteiger partial charge in [0.05, 0.1) is 15.7 Å². The van der Waals surface area contributed by atoms with Gasteiger partial charge in [-0.2, -0.15) is 0 Å². The number of anilines is 1. The van der Waals surface area contributed by atoms with Crippen LogP contribution in [0.1, 0.15) is 10.4 Å². The minimum atomic E-state index is -1.10. The Balaban J connectivity index is 2.31. The number of hydrogen-bond donors (Lipinski definition) is 2. The van der Waals surface area contributed by atoms with Crippen molar-refractivity contribution in [3.05, 3.63) is 45.5 Å². The van der Waals surface area contributed by atoms with E-state index >= 15 is 0 Å². The molecule has 0 spiro atoms. The van der Waals surface area contributed by atoms with Gasteiger partial charge in [-0.15, -0.1) is 0 Å². The lowest BCUT2D eigenvalue weighted by molar-refractivity contribution is 0.0696. The first kappa shape index (κ1) is 13.6. The maximum absolute atomic E-state index is 10.8. The molecule has 3 N–H and O–H groups in total. The molecule has 7 heteroatoms. The number of nitrogen functional groups attached to an aromatic ring is 1. The highest BCUT2D eigenvalue weighted by molar-refractivity contribution is 9.10. The molecule has 2 aromatic rings. The Bertz CT molecular complexity index is 649. The summed E-state index contributed by atoms with van der Waals surface area (Å²) in [6.07, 6.45) is 1.18. The summed E-state index contributed by atoms with van der Waals surface area (Å²) in [5, 5.41) is 9.36. The monoisotopic (exact) mass is 342 g/mol. The highest BCUT2D eigenvalue weighted by Crippen LogP contribution is 2.33. The van der Waals surface area contributed by atoms with Crippen LogP contribution in [-0.2, 0) is 0 Å². The first-order chi connectivity index (χ1) is 8.97. The standard InChI is InChI=1S/C12H8BrClN2O3/c13-8-4-7(14)1-2-10(8)19-11-9(15)3-6(5-16-11)12(17)18/h1-5H,15H2,(H,17,18). The normalized spacial score (nSPS) is 10.2. The average molecular weight is 344 g/mol. The van der Waals surface area contributed by atoms with Crippen molar-refractivity contribution in [3.63, 3.8) is 0 Å². The lowest BCUT2D eigenvalue weighted by Gasteiger charge is -2.09. The SMILES string of the molecule is Nc1cc(C(=O)O)cnc1Oc1ccc(Cl)cc1Br. The molecule has 1 heterocycles. The molecule has 0 saturated carbocycles. The molecule has 0 radical (unpaired) electrons. The van der Waals surface area contributed by atoms with E-state index in [1.807, 2.05) is 0 Å². The van der Waals surface area contributed by atoms with Crippen LogP contribution in [0.4, 0.5) is 5.69 Å². The second-order valence-electron chi connectivity index (χ2n) is 3.60. The fourth-order valence-electron chi connectivity index (χ4n) is 1.33. The van der Waals surface area contributed by atoms with Gasteiger partial charge in [-0.05, 0) is 40.2 Å². The van der Waals surface area contributed by atoms with Crippen LogP contribution in [0.15, 0.2) is 34.9 Å². The molecule has 1 aromatic carbocycles. The number of hydrogen-bond acceptors (Lipinski definition) is 4. The fourth-order valence-corrected chi connectivity index (χ4v) is 2.10. The number of carboxylic acid groups (broad SMARTS) is 1. The predicted molar refractivity (Wildman–Crippen MR) is 74.8 cm³/mol. The minimum Gasteiger partial charge on any atom is -0.478 e. The summed E-state index contributed by atoms with van der Waals surface area (Å²) in [4.78, 5) is 14.6. The molecule has 0 bridgehead atoms. The minimum absolute atomic E-state index is 0.0000202. The van der Waals surface area contributed by atoms with Gasteiger partial charge in [-0.3, -0.25) is 0 Å². The predicted octanol–water partition coefficient (Wildman–Crippen LogP) is 3.57. The van der Waals surface area contributed by atoms with E-state index in [0.717, 1.165) is 0 Å². The van der Waals surface area contributed by atoms with Crippen molar-refractivity contribution in [2.75, 3.05) is 5.73 Å². The number of ether oxygens (including phenoxy) is 1. The van der Waals surface area contributed by atoms with Crippen LogP contribution in [0.3, 0.4) is 0 Å². The summed E-state index contributed by atoms with van der Waals surface area (Å²) in [5.41, 5.74) is 5.84. The largest absolute Gasteiger partial charge is 0.478 e. The zero-order valence-electron chi connectivity index (χ0n) is 9.43. The Labute approximate surface area is 122 Å². The van der Waals surface area contributed by atoms with E-state index < -0.39 is 5.97 Å². The quantitative estimate of drug-likeness (QED) is 0.890. The molecule has 0 saturated heterocycles. The van der Waals surface area contributed by atoms with Gasteiger partial charge in [-0.25, -0.2) is 9.78 Å². The third-order valence-corrected chi connectivity index (χ3v) is 3.08. The first-order valence-electron chi connectivity index (χ1n) is 5.09. The van der Waals surface area contributed by atoms with Gasteiger partial charge in [0.15, 0.2) is 0 Å². The van der Waals surface area contributed by atoms with Gasteiger partial charge in [0.1, 0.15) is 5.75 Å². The van der Waals surface area contributed by atoms with Crippen LogP contribution < -0.4 is 10.5 Å². The van der Waals surface area contributed by atoms with E-state index in [4.69, 9.17) is 27.2 Å². The highest BCUT2D eigenvalue weighted by atomic mass is 79.9. The van der Waals surface area contributed by atoms with E-state index in [1.165, 1.54) is 12.3 Å². The van der Waals surface area contributed by atoms with Crippen molar-refractivity contribution in [1.82, 2.24) is 4.98 Å².